The van der Waals surface area contributed by atoms with Crippen LogP contribution in [-0.2, 0) is 5.41 Å². The zero-order chi connectivity index (χ0) is 23.7. The second-order valence-corrected chi connectivity index (χ2v) is 10.9. The summed E-state index contributed by atoms with van der Waals surface area (Å²) in [4.78, 5) is 0. The van der Waals surface area contributed by atoms with Crippen LogP contribution in [-0.4, -0.2) is 4.57 Å². The van der Waals surface area contributed by atoms with E-state index in [0.29, 0.717) is 0 Å². The van der Waals surface area contributed by atoms with Gasteiger partial charge < -0.3 is 4.57 Å². The monoisotopic (exact) mass is 513 g/mol. The molecule has 35 heavy (non-hydrogen) atoms. The summed E-state index contributed by atoms with van der Waals surface area (Å²) in [7, 11) is 0. The number of hydrogen-bond donors (Lipinski definition) is 0. The third-order valence-electron chi connectivity index (χ3n) is 7.66. The molecule has 1 aliphatic carbocycles. The maximum absolute atomic E-state index is 3.62. The van der Waals surface area contributed by atoms with E-state index in [1.165, 1.54) is 60.9 Å². The Hall–Kier alpha value is -3.62. The lowest BCUT2D eigenvalue weighted by molar-refractivity contribution is 0.660. The van der Waals surface area contributed by atoms with E-state index in [4.69, 9.17) is 0 Å². The Morgan fingerprint density at radius 1 is 0.571 bits per heavy atom. The summed E-state index contributed by atoms with van der Waals surface area (Å²) in [5.74, 6) is 0. The van der Waals surface area contributed by atoms with Crippen molar-refractivity contribution in [2.45, 2.75) is 19.3 Å². The van der Waals surface area contributed by atoms with E-state index in [-0.39, 0.29) is 5.41 Å². The molecule has 1 nitrogen and oxygen atoms in total. The minimum atomic E-state index is -0.0193. The van der Waals surface area contributed by atoms with Crippen molar-refractivity contribution in [3.8, 4) is 27.9 Å². The van der Waals surface area contributed by atoms with Crippen LogP contribution in [0.25, 0.3) is 49.7 Å². The van der Waals surface area contributed by atoms with Crippen LogP contribution in [0.2, 0.25) is 0 Å². The fraction of sp³-hybridized carbons (Fsp3) is 0.0909. The maximum Gasteiger partial charge on any atom is 0.0541 e. The third-order valence-corrected chi connectivity index (χ3v) is 8.15. The van der Waals surface area contributed by atoms with Crippen molar-refractivity contribution < 1.29 is 0 Å². The molecule has 0 unspecified atom stereocenters. The van der Waals surface area contributed by atoms with E-state index in [0.717, 1.165) is 4.47 Å². The van der Waals surface area contributed by atoms with E-state index in [1.54, 1.807) is 0 Å². The van der Waals surface area contributed by atoms with Gasteiger partial charge >= 0.3 is 0 Å². The van der Waals surface area contributed by atoms with Gasteiger partial charge in [0, 0.05) is 26.3 Å². The number of rotatable bonds is 2. The van der Waals surface area contributed by atoms with Gasteiger partial charge in [-0.05, 0) is 75.8 Å². The average Bonchev–Trinajstić information content (AvgIpc) is 3.33. The van der Waals surface area contributed by atoms with E-state index < -0.39 is 0 Å². The summed E-state index contributed by atoms with van der Waals surface area (Å²) < 4.78 is 3.52. The molecule has 1 heterocycles. The highest BCUT2D eigenvalue weighted by Gasteiger charge is 2.35. The number of para-hydroxylation sites is 1. The Morgan fingerprint density at radius 3 is 2.20 bits per heavy atom. The molecule has 7 rings (SSSR count). The number of benzene rings is 5. The summed E-state index contributed by atoms with van der Waals surface area (Å²) in [6, 6.07) is 40.0. The molecule has 0 N–H and O–H groups in total. The Morgan fingerprint density at radius 2 is 1.31 bits per heavy atom. The lowest BCUT2D eigenvalue weighted by atomic mass is 9.82. The van der Waals surface area contributed by atoms with Crippen molar-refractivity contribution >= 4 is 37.7 Å². The maximum atomic E-state index is 3.62. The molecule has 0 amide bonds. The minimum absolute atomic E-state index is 0.0193. The van der Waals surface area contributed by atoms with Crippen LogP contribution in [0.5, 0.6) is 0 Å². The Kier molecular flexibility index (Phi) is 4.40. The van der Waals surface area contributed by atoms with Gasteiger partial charge in [0.15, 0.2) is 0 Å². The summed E-state index contributed by atoms with van der Waals surface area (Å²) in [6.07, 6.45) is 0. The van der Waals surface area contributed by atoms with Crippen LogP contribution in [0.15, 0.2) is 114 Å². The minimum Gasteiger partial charge on any atom is -0.309 e. The summed E-state index contributed by atoms with van der Waals surface area (Å²) in [5.41, 5.74) is 11.6. The summed E-state index contributed by atoms with van der Waals surface area (Å²) >= 11 is 3.62. The normalized spacial score (nSPS) is 13.8. The molecule has 0 bridgehead atoms. The van der Waals surface area contributed by atoms with Crippen LogP contribution >= 0.6 is 15.9 Å². The first-order chi connectivity index (χ1) is 17.0. The van der Waals surface area contributed by atoms with Gasteiger partial charge in [-0.15, -0.1) is 0 Å². The number of hydrogen-bond acceptors (Lipinski definition) is 0. The second kappa shape index (κ2) is 7.44. The number of aromatic nitrogens is 1. The summed E-state index contributed by atoms with van der Waals surface area (Å²) in [6.45, 7) is 4.69. The molecule has 5 aromatic carbocycles. The van der Waals surface area contributed by atoms with Crippen LogP contribution in [0.1, 0.15) is 25.0 Å². The van der Waals surface area contributed by atoms with Crippen molar-refractivity contribution in [1.82, 2.24) is 4.57 Å². The van der Waals surface area contributed by atoms with Gasteiger partial charge in [0.05, 0.1) is 11.0 Å². The lowest BCUT2D eigenvalue weighted by Gasteiger charge is -2.22. The SMILES string of the molecule is CC1(C)c2ccccc2-c2ccc(-n3c4ccccc4c4cc(-c5cccc(Br)c5)ccc43)cc21. The predicted molar refractivity (Wildman–Crippen MR) is 151 cm³/mol. The molecular weight excluding hydrogens is 490 g/mol. The highest BCUT2D eigenvalue weighted by atomic mass is 79.9. The van der Waals surface area contributed by atoms with E-state index >= 15 is 0 Å². The van der Waals surface area contributed by atoms with Crippen LogP contribution in [0.4, 0.5) is 0 Å². The molecule has 0 atom stereocenters. The molecule has 1 aromatic heterocycles. The Balaban J connectivity index is 1.47. The standard InChI is InChI=1S/C33H24BrN/c1-33(2)29-12-5-3-10-25(29)26-16-15-24(20-30(26)33)35-31-13-6-4-11-27(31)28-19-22(14-17-32(28)35)21-8-7-9-23(34)18-21/h3-20H,1-2H3. The Bertz CT molecular complexity index is 1790. The summed E-state index contributed by atoms with van der Waals surface area (Å²) in [5, 5.41) is 2.56. The molecule has 1 aliphatic rings. The third kappa shape index (κ3) is 3.00. The molecule has 6 aromatic rings. The van der Waals surface area contributed by atoms with Crippen LogP contribution in [0, 0.1) is 0 Å². The van der Waals surface area contributed by atoms with Crippen molar-refractivity contribution in [1.29, 1.82) is 0 Å². The first kappa shape index (κ1) is 20.7. The van der Waals surface area contributed by atoms with Gasteiger partial charge in [0.1, 0.15) is 0 Å². The van der Waals surface area contributed by atoms with E-state index in [9.17, 15) is 0 Å². The number of nitrogens with zero attached hydrogens (tertiary/aromatic N) is 1. The van der Waals surface area contributed by atoms with Gasteiger partial charge in [-0.3, -0.25) is 0 Å². The molecule has 0 saturated carbocycles. The van der Waals surface area contributed by atoms with E-state index in [2.05, 4.69) is 144 Å². The fourth-order valence-corrected chi connectivity index (χ4v) is 6.33. The van der Waals surface area contributed by atoms with E-state index in [1.807, 2.05) is 0 Å². The topological polar surface area (TPSA) is 4.93 Å². The smallest absolute Gasteiger partial charge is 0.0541 e. The van der Waals surface area contributed by atoms with Gasteiger partial charge in [0.25, 0.3) is 0 Å². The molecule has 2 heteroatoms. The predicted octanol–water partition coefficient (Wildman–Crippen LogP) is 9.52. The largest absolute Gasteiger partial charge is 0.309 e. The zero-order valence-corrected chi connectivity index (χ0v) is 21.3. The van der Waals surface area contributed by atoms with Gasteiger partial charge in [-0.1, -0.05) is 96.5 Å². The van der Waals surface area contributed by atoms with Crippen molar-refractivity contribution in [2.24, 2.45) is 0 Å². The first-order valence-electron chi connectivity index (χ1n) is 12.1. The molecule has 168 valence electrons. The van der Waals surface area contributed by atoms with Gasteiger partial charge in [-0.2, -0.15) is 0 Å². The van der Waals surface area contributed by atoms with Crippen LogP contribution < -0.4 is 0 Å². The highest BCUT2D eigenvalue weighted by molar-refractivity contribution is 9.10. The quantitative estimate of drug-likeness (QED) is 0.217. The molecule has 0 radical (unpaired) electrons. The van der Waals surface area contributed by atoms with Crippen molar-refractivity contribution in [3.63, 3.8) is 0 Å². The fourth-order valence-electron chi connectivity index (χ4n) is 5.93. The van der Waals surface area contributed by atoms with Crippen LogP contribution in [0.3, 0.4) is 0 Å². The van der Waals surface area contributed by atoms with Crippen molar-refractivity contribution in [2.75, 3.05) is 0 Å². The highest BCUT2D eigenvalue weighted by Crippen LogP contribution is 2.49. The second-order valence-electron chi connectivity index (χ2n) is 10.00. The van der Waals surface area contributed by atoms with Gasteiger partial charge in [-0.25, -0.2) is 0 Å². The molecule has 0 saturated heterocycles. The molecule has 0 aliphatic heterocycles. The van der Waals surface area contributed by atoms with Gasteiger partial charge in [0.2, 0.25) is 0 Å². The molecule has 0 fully saturated rings. The zero-order valence-electron chi connectivity index (χ0n) is 19.7. The molecular formula is C33H24BrN. The molecule has 0 spiro atoms. The lowest BCUT2D eigenvalue weighted by Crippen LogP contribution is -2.15. The van der Waals surface area contributed by atoms with Crippen molar-refractivity contribution in [3.05, 3.63) is 125 Å². The average molecular weight is 514 g/mol. The first-order valence-corrected chi connectivity index (χ1v) is 12.9. The number of fused-ring (bicyclic) bond motifs is 6. The Labute approximate surface area is 213 Å². The number of halogens is 1.